The van der Waals surface area contributed by atoms with E-state index in [2.05, 4.69) is 40.8 Å². The lowest BCUT2D eigenvalue weighted by atomic mass is 10.0. The summed E-state index contributed by atoms with van der Waals surface area (Å²) in [6.45, 7) is 0. The summed E-state index contributed by atoms with van der Waals surface area (Å²) in [4.78, 5) is 13.0. The first kappa shape index (κ1) is 9.66. The van der Waals surface area contributed by atoms with Crippen LogP contribution >= 0.6 is 34.4 Å². The lowest BCUT2D eigenvalue weighted by Crippen LogP contribution is -2.08. The van der Waals surface area contributed by atoms with E-state index in [9.17, 15) is 4.79 Å². The van der Waals surface area contributed by atoms with E-state index in [0.717, 1.165) is 10.9 Å². The number of rotatable bonds is 0. The lowest BCUT2D eigenvalue weighted by molar-refractivity contribution is 0.102. The number of benzene rings is 2. The van der Waals surface area contributed by atoms with Gasteiger partial charge in [-0.25, -0.2) is 0 Å². The van der Waals surface area contributed by atoms with Crippen LogP contribution in [0.4, 0.5) is 0 Å². The molecule has 1 heterocycles. The molecule has 0 unspecified atom stereocenters. The Morgan fingerprint density at radius 2 is 2.07 bits per heavy atom. The second kappa shape index (κ2) is 3.49. The molecule has 2 aromatic rings. The highest BCUT2D eigenvalue weighted by atomic mass is 127. The van der Waals surface area contributed by atoms with Gasteiger partial charge in [0.25, 0.3) is 0 Å². The monoisotopic (exact) mass is 326 g/mol. The predicted octanol–water partition coefficient (Wildman–Crippen LogP) is 3.73. The Kier molecular flexibility index (Phi) is 2.25. The van der Waals surface area contributed by atoms with Crippen LogP contribution in [0.1, 0.15) is 10.4 Å². The van der Waals surface area contributed by atoms with Gasteiger partial charge < -0.3 is 0 Å². The van der Waals surface area contributed by atoms with Crippen LogP contribution in [0.2, 0.25) is 0 Å². The third kappa shape index (κ3) is 1.40. The molecule has 1 aliphatic rings. The quantitative estimate of drug-likeness (QED) is 0.686. The van der Waals surface area contributed by atoms with Gasteiger partial charge in [-0.3, -0.25) is 4.79 Å². The minimum absolute atomic E-state index is 0.250. The van der Waals surface area contributed by atoms with Crippen molar-refractivity contribution in [3.05, 3.63) is 39.5 Å². The molecule has 0 atom stereocenters. The van der Waals surface area contributed by atoms with Crippen LogP contribution in [0.15, 0.2) is 35.2 Å². The van der Waals surface area contributed by atoms with Crippen LogP contribution in [0.25, 0.3) is 10.8 Å². The molecule has 74 valence electrons. The molecule has 0 fully saturated rings. The molecule has 1 nitrogen and oxygen atoms in total. The molecule has 0 amide bonds. The van der Waals surface area contributed by atoms with Crippen molar-refractivity contribution in [3.63, 3.8) is 0 Å². The molecule has 0 N–H and O–H groups in total. The van der Waals surface area contributed by atoms with Crippen LogP contribution < -0.4 is 0 Å². The maximum atomic E-state index is 11.8. The molecule has 0 aliphatic carbocycles. The van der Waals surface area contributed by atoms with Gasteiger partial charge in [0.05, 0.1) is 5.75 Å². The minimum atomic E-state index is 0.250. The number of carbonyl (C=O) groups is 1. The Balaban J connectivity index is 2.53. The van der Waals surface area contributed by atoms with E-state index >= 15 is 0 Å². The summed E-state index contributed by atoms with van der Waals surface area (Å²) in [6.07, 6.45) is 0. The highest BCUT2D eigenvalue weighted by Crippen LogP contribution is 2.37. The van der Waals surface area contributed by atoms with Crippen molar-refractivity contribution in [2.24, 2.45) is 0 Å². The zero-order valence-corrected chi connectivity index (χ0v) is 10.8. The molecular weight excluding hydrogens is 319 g/mol. The summed E-state index contributed by atoms with van der Waals surface area (Å²) in [6, 6.07) is 10.2. The summed E-state index contributed by atoms with van der Waals surface area (Å²) in [5, 5.41) is 2.34. The van der Waals surface area contributed by atoms with E-state index in [1.165, 1.54) is 13.9 Å². The van der Waals surface area contributed by atoms with Crippen LogP contribution in [0.3, 0.4) is 0 Å². The van der Waals surface area contributed by atoms with Gasteiger partial charge in [-0.1, -0.05) is 18.2 Å². The molecule has 1 aliphatic heterocycles. The fourth-order valence-corrected chi connectivity index (χ4v) is 3.51. The first-order valence-corrected chi connectivity index (χ1v) is 6.71. The number of thioether (sulfide) groups is 1. The second-order valence-corrected chi connectivity index (χ2v) is 5.66. The van der Waals surface area contributed by atoms with Gasteiger partial charge >= 0.3 is 0 Å². The Hall–Kier alpha value is -0.550. The number of hydrogen-bond acceptors (Lipinski definition) is 2. The first-order chi connectivity index (χ1) is 7.27. The van der Waals surface area contributed by atoms with Crippen LogP contribution in [0, 0.1) is 3.57 Å². The molecule has 0 spiro atoms. The van der Waals surface area contributed by atoms with Gasteiger partial charge in [0.15, 0.2) is 5.78 Å². The predicted molar refractivity (Wildman–Crippen MR) is 71.7 cm³/mol. The van der Waals surface area contributed by atoms with Crippen molar-refractivity contribution < 1.29 is 4.79 Å². The molecule has 0 aromatic heterocycles. The van der Waals surface area contributed by atoms with Gasteiger partial charge in [0.1, 0.15) is 0 Å². The van der Waals surface area contributed by atoms with Crippen molar-refractivity contribution >= 4 is 50.9 Å². The SMILES string of the molecule is O=C1CSc2ccc(I)c3cccc1c23. The smallest absolute Gasteiger partial charge is 0.173 e. The van der Waals surface area contributed by atoms with Gasteiger partial charge in [-0.2, -0.15) is 0 Å². The molecule has 0 saturated carbocycles. The van der Waals surface area contributed by atoms with Gasteiger partial charge in [0.2, 0.25) is 0 Å². The highest BCUT2D eigenvalue weighted by molar-refractivity contribution is 14.1. The summed E-state index contributed by atoms with van der Waals surface area (Å²) < 4.78 is 1.21. The first-order valence-electron chi connectivity index (χ1n) is 4.64. The maximum absolute atomic E-state index is 11.8. The molecule has 2 aromatic carbocycles. The van der Waals surface area contributed by atoms with Crippen molar-refractivity contribution in [2.45, 2.75) is 4.90 Å². The number of Topliss-reactive ketones (excluding diaryl/α,β-unsaturated/α-hetero) is 1. The van der Waals surface area contributed by atoms with E-state index in [-0.39, 0.29) is 5.78 Å². The third-order valence-corrected chi connectivity index (χ3v) is 4.61. The highest BCUT2D eigenvalue weighted by Gasteiger charge is 2.19. The van der Waals surface area contributed by atoms with Gasteiger partial charge in [-0.05, 0) is 40.1 Å². The molecule has 3 rings (SSSR count). The molecule has 0 saturated heterocycles. The lowest BCUT2D eigenvalue weighted by Gasteiger charge is -2.16. The Morgan fingerprint density at radius 1 is 1.20 bits per heavy atom. The normalized spacial score (nSPS) is 14.6. The molecule has 15 heavy (non-hydrogen) atoms. The average molecular weight is 326 g/mol. The maximum Gasteiger partial charge on any atom is 0.173 e. The van der Waals surface area contributed by atoms with Crippen LogP contribution in [-0.2, 0) is 0 Å². The van der Waals surface area contributed by atoms with E-state index in [0.29, 0.717) is 5.75 Å². The topological polar surface area (TPSA) is 17.1 Å². The van der Waals surface area contributed by atoms with Gasteiger partial charge in [0, 0.05) is 19.4 Å². The standard InChI is InChI=1S/C12H7IOS/c13-9-4-5-11-12-7(9)2-1-3-8(12)10(14)6-15-11/h1-5H,6H2. The molecule has 0 radical (unpaired) electrons. The largest absolute Gasteiger partial charge is 0.293 e. The Labute approximate surface area is 105 Å². The Bertz CT molecular complexity index is 577. The number of carbonyl (C=O) groups excluding carboxylic acids is 1. The second-order valence-electron chi connectivity index (χ2n) is 3.49. The zero-order valence-electron chi connectivity index (χ0n) is 7.79. The molecule has 3 heteroatoms. The third-order valence-electron chi connectivity index (χ3n) is 2.61. The summed E-state index contributed by atoms with van der Waals surface area (Å²) in [5.41, 5.74) is 0.889. The minimum Gasteiger partial charge on any atom is -0.293 e. The van der Waals surface area contributed by atoms with Crippen LogP contribution in [-0.4, -0.2) is 11.5 Å². The fraction of sp³-hybridized carbons (Fsp3) is 0.0833. The molecular formula is C12H7IOS. The fourth-order valence-electron chi connectivity index (χ4n) is 1.91. The summed E-state index contributed by atoms with van der Waals surface area (Å²) in [5.74, 6) is 0.826. The molecule has 0 bridgehead atoms. The summed E-state index contributed by atoms with van der Waals surface area (Å²) >= 11 is 3.96. The van der Waals surface area contributed by atoms with Gasteiger partial charge in [-0.15, -0.1) is 11.8 Å². The van der Waals surface area contributed by atoms with Crippen LogP contribution in [0.5, 0.6) is 0 Å². The van der Waals surface area contributed by atoms with Crippen molar-refractivity contribution in [3.8, 4) is 0 Å². The Morgan fingerprint density at radius 3 is 2.93 bits per heavy atom. The zero-order chi connectivity index (χ0) is 10.4. The number of hydrogen-bond donors (Lipinski definition) is 0. The summed E-state index contributed by atoms with van der Waals surface area (Å²) in [7, 11) is 0. The average Bonchev–Trinajstić information content (AvgIpc) is 2.27. The number of halogens is 1. The van der Waals surface area contributed by atoms with Crippen molar-refractivity contribution in [2.75, 3.05) is 5.75 Å². The van der Waals surface area contributed by atoms with Crippen molar-refractivity contribution in [1.29, 1.82) is 0 Å². The van der Waals surface area contributed by atoms with E-state index in [1.54, 1.807) is 11.8 Å². The van der Waals surface area contributed by atoms with E-state index in [4.69, 9.17) is 0 Å². The van der Waals surface area contributed by atoms with E-state index in [1.807, 2.05) is 12.1 Å². The van der Waals surface area contributed by atoms with Crippen molar-refractivity contribution in [1.82, 2.24) is 0 Å². The number of ketones is 1. The van der Waals surface area contributed by atoms with E-state index < -0.39 is 0 Å².